The number of halogens is 1. The largest absolute Gasteiger partial charge is 0.373 e. The summed E-state index contributed by atoms with van der Waals surface area (Å²) in [7, 11) is 1.89. The Labute approximate surface area is 110 Å². The van der Waals surface area contributed by atoms with Gasteiger partial charge in [0.05, 0.1) is 12.0 Å². The van der Waals surface area contributed by atoms with Crippen LogP contribution in [-0.4, -0.2) is 19.4 Å². The number of carbonyl (C=O) groups is 1. The third kappa shape index (κ3) is 3.57. The van der Waals surface area contributed by atoms with Gasteiger partial charge in [-0.05, 0) is 32.0 Å². The fourth-order valence-corrected chi connectivity index (χ4v) is 2.03. The second-order valence-electron chi connectivity index (χ2n) is 4.13. The molecule has 0 saturated carbocycles. The van der Waals surface area contributed by atoms with Gasteiger partial charge in [0.2, 0.25) is 0 Å². The van der Waals surface area contributed by atoms with E-state index in [2.05, 4.69) is 22.0 Å². The van der Waals surface area contributed by atoms with Gasteiger partial charge < -0.3 is 4.90 Å². The lowest BCUT2D eigenvalue weighted by molar-refractivity contribution is 0.101. The fraction of sp³-hybridized carbons (Fsp3) is 0.385. The van der Waals surface area contributed by atoms with Crippen molar-refractivity contribution in [1.29, 1.82) is 5.26 Å². The van der Waals surface area contributed by atoms with Gasteiger partial charge in [0.1, 0.15) is 0 Å². The van der Waals surface area contributed by atoms with Crippen molar-refractivity contribution in [3.63, 3.8) is 0 Å². The molecule has 0 fully saturated rings. The summed E-state index contributed by atoms with van der Waals surface area (Å²) >= 11 is 3.36. The van der Waals surface area contributed by atoms with Gasteiger partial charge in [0, 0.05) is 29.3 Å². The number of rotatable bonds is 4. The number of anilines is 1. The molecule has 0 bridgehead atoms. The predicted molar refractivity (Wildman–Crippen MR) is 72.2 cm³/mol. The summed E-state index contributed by atoms with van der Waals surface area (Å²) in [5.41, 5.74) is 1.54. The highest BCUT2D eigenvalue weighted by molar-refractivity contribution is 9.10. The summed E-state index contributed by atoms with van der Waals surface area (Å²) in [6, 6.07) is 7.79. The Morgan fingerprint density at radius 2 is 2.24 bits per heavy atom. The summed E-state index contributed by atoms with van der Waals surface area (Å²) in [4.78, 5) is 13.5. The van der Waals surface area contributed by atoms with Crippen molar-refractivity contribution in [3.8, 4) is 6.07 Å². The molecule has 1 aromatic rings. The summed E-state index contributed by atoms with van der Waals surface area (Å²) < 4.78 is 0.883. The molecule has 0 saturated heterocycles. The van der Waals surface area contributed by atoms with Crippen molar-refractivity contribution < 1.29 is 4.79 Å². The second-order valence-corrected chi connectivity index (χ2v) is 5.04. The average Bonchev–Trinajstić information content (AvgIpc) is 2.28. The average molecular weight is 295 g/mol. The maximum absolute atomic E-state index is 11.6. The van der Waals surface area contributed by atoms with E-state index in [4.69, 9.17) is 5.26 Å². The van der Waals surface area contributed by atoms with Gasteiger partial charge in [-0.1, -0.05) is 15.9 Å². The highest BCUT2D eigenvalue weighted by Gasteiger charge is 2.13. The third-order valence-corrected chi connectivity index (χ3v) is 3.01. The van der Waals surface area contributed by atoms with Crippen LogP contribution in [0.25, 0.3) is 0 Å². The Bertz CT molecular complexity index is 465. The van der Waals surface area contributed by atoms with E-state index in [1.807, 2.05) is 37.1 Å². The zero-order valence-corrected chi connectivity index (χ0v) is 11.8. The molecular formula is C13H15BrN2O. The molecule has 0 spiro atoms. The molecule has 3 nitrogen and oxygen atoms in total. The topological polar surface area (TPSA) is 44.1 Å². The molecule has 0 amide bonds. The number of hydrogen-bond donors (Lipinski definition) is 0. The minimum absolute atomic E-state index is 0.0257. The van der Waals surface area contributed by atoms with Gasteiger partial charge in [-0.25, -0.2) is 0 Å². The SMILES string of the molecule is CC(=O)c1cc(Br)ccc1N(C)CC(C)C#N. The molecule has 4 heteroatoms. The van der Waals surface area contributed by atoms with Crippen LogP contribution in [-0.2, 0) is 0 Å². The Morgan fingerprint density at radius 1 is 1.59 bits per heavy atom. The minimum Gasteiger partial charge on any atom is -0.373 e. The van der Waals surface area contributed by atoms with Crippen molar-refractivity contribution in [2.75, 3.05) is 18.5 Å². The number of nitriles is 1. The molecule has 1 rings (SSSR count). The van der Waals surface area contributed by atoms with E-state index in [1.54, 1.807) is 6.92 Å². The molecule has 90 valence electrons. The van der Waals surface area contributed by atoms with Gasteiger partial charge in [0.15, 0.2) is 5.78 Å². The lowest BCUT2D eigenvalue weighted by atomic mass is 10.1. The van der Waals surface area contributed by atoms with Gasteiger partial charge in [-0.15, -0.1) is 0 Å². The van der Waals surface area contributed by atoms with Crippen molar-refractivity contribution in [1.82, 2.24) is 0 Å². The first-order valence-corrected chi connectivity index (χ1v) is 6.16. The van der Waals surface area contributed by atoms with Crippen LogP contribution in [0, 0.1) is 17.2 Å². The maximum Gasteiger partial charge on any atom is 0.161 e. The summed E-state index contributed by atoms with van der Waals surface area (Å²) in [6.45, 7) is 4.02. The lowest BCUT2D eigenvalue weighted by Gasteiger charge is -2.22. The van der Waals surface area contributed by atoms with E-state index in [0.717, 1.165) is 10.2 Å². The van der Waals surface area contributed by atoms with Crippen LogP contribution in [0.4, 0.5) is 5.69 Å². The first-order valence-electron chi connectivity index (χ1n) is 5.37. The molecule has 1 unspecified atom stereocenters. The normalized spacial score (nSPS) is 11.7. The second kappa shape index (κ2) is 5.83. The molecule has 17 heavy (non-hydrogen) atoms. The molecule has 0 N–H and O–H groups in total. The molecule has 0 aromatic heterocycles. The van der Waals surface area contributed by atoms with Crippen LogP contribution in [0.5, 0.6) is 0 Å². The summed E-state index contributed by atoms with van der Waals surface area (Å²) in [5.74, 6) is -0.0405. The van der Waals surface area contributed by atoms with Crippen LogP contribution in [0.2, 0.25) is 0 Å². The Kier molecular flexibility index (Phi) is 4.71. The van der Waals surface area contributed by atoms with E-state index in [1.165, 1.54) is 0 Å². The van der Waals surface area contributed by atoms with Crippen LogP contribution in [0.3, 0.4) is 0 Å². The molecule has 0 heterocycles. The highest BCUT2D eigenvalue weighted by atomic mass is 79.9. The molecule has 0 radical (unpaired) electrons. The van der Waals surface area contributed by atoms with Crippen molar-refractivity contribution in [3.05, 3.63) is 28.2 Å². The molecule has 0 aliphatic rings. The van der Waals surface area contributed by atoms with Gasteiger partial charge in [-0.2, -0.15) is 5.26 Å². The fourth-order valence-electron chi connectivity index (χ4n) is 1.67. The number of Topliss-reactive ketones (excluding diaryl/α,β-unsaturated/α-hetero) is 1. The highest BCUT2D eigenvalue weighted by Crippen LogP contribution is 2.24. The smallest absolute Gasteiger partial charge is 0.161 e. The van der Waals surface area contributed by atoms with Crippen molar-refractivity contribution >= 4 is 27.4 Å². The molecule has 0 aliphatic carbocycles. The summed E-state index contributed by atoms with van der Waals surface area (Å²) in [5, 5.41) is 8.80. The van der Waals surface area contributed by atoms with Gasteiger partial charge in [0.25, 0.3) is 0 Å². The Balaban J connectivity index is 3.05. The monoisotopic (exact) mass is 294 g/mol. The van der Waals surface area contributed by atoms with Crippen LogP contribution in [0.1, 0.15) is 24.2 Å². The summed E-state index contributed by atoms with van der Waals surface area (Å²) in [6.07, 6.45) is 0. The molecule has 0 aliphatic heterocycles. The minimum atomic E-state index is -0.0662. The van der Waals surface area contributed by atoms with Crippen molar-refractivity contribution in [2.24, 2.45) is 5.92 Å². The first kappa shape index (κ1) is 13.7. The van der Waals surface area contributed by atoms with Crippen LogP contribution >= 0.6 is 15.9 Å². The zero-order chi connectivity index (χ0) is 13.0. The van der Waals surface area contributed by atoms with E-state index in [-0.39, 0.29) is 11.7 Å². The number of nitrogens with zero attached hydrogens (tertiary/aromatic N) is 2. The quantitative estimate of drug-likeness (QED) is 0.801. The Hall–Kier alpha value is -1.34. The number of benzene rings is 1. The lowest BCUT2D eigenvalue weighted by Crippen LogP contribution is -2.24. The molecule has 1 atom stereocenters. The maximum atomic E-state index is 11.6. The zero-order valence-electron chi connectivity index (χ0n) is 10.2. The third-order valence-electron chi connectivity index (χ3n) is 2.52. The van der Waals surface area contributed by atoms with Crippen LogP contribution < -0.4 is 4.90 Å². The molecular weight excluding hydrogens is 280 g/mol. The standard InChI is InChI=1S/C13H15BrN2O/c1-9(7-15)8-16(3)13-5-4-11(14)6-12(13)10(2)17/h4-6,9H,8H2,1-3H3. The number of carbonyl (C=O) groups excluding carboxylic acids is 1. The number of ketones is 1. The first-order chi connectivity index (χ1) is 7.95. The van der Waals surface area contributed by atoms with E-state index >= 15 is 0 Å². The van der Waals surface area contributed by atoms with E-state index in [9.17, 15) is 4.79 Å². The van der Waals surface area contributed by atoms with Crippen molar-refractivity contribution in [2.45, 2.75) is 13.8 Å². The molecule has 1 aromatic carbocycles. The predicted octanol–water partition coefficient (Wildman–Crippen LogP) is 3.25. The van der Waals surface area contributed by atoms with Crippen LogP contribution in [0.15, 0.2) is 22.7 Å². The number of hydrogen-bond acceptors (Lipinski definition) is 3. The van der Waals surface area contributed by atoms with Gasteiger partial charge >= 0.3 is 0 Å². The van der Waals surface area contributed by atoms with E-state index < -0.39 is 0 Å². The Morgan fingerprint density at radius 3 is 2.76 bits per heavy atom. The van der Waals surface area contributed by atoms with E-state index in [0.29, 0.717) is 12.1 Å². The van der Waals surface area contributed by atoms with Gasteiger partial charge in [-0.3, -0.25) is 4.79 Å².